The Hall–Kier alpha value is -1.91. The Morgan fingerprint density at radius 3 is 2.67 bits per heavy atom. The van der Waals surface area contributed by atoms with Crippen molar-refractivity contribution in [3.63, 3.8) is 0 Å². The first-order chi connectivity index (χ1) is 11.7. The van der Waals surface area contributed by atoms with Crippen LogP contribution in [0.15, 0.2) is 23.2 Å². The highest BCUT2D eigenvalue weighted by Crippen LogP contribution is 2.47. The van der Waals surface area contributed by atoms with Crippen molar-refractivity contribution in [1.29, 1.82) is 0 Å². The van der Waals surface area contributed by atoms with Crippen molar-refractivity contribution in [2.75, 3.05) is 40.9 Å². The van der Waals surface area contributed by atoms with E-state index in [0.29, 0.717) is 5.41 Å². The molecule has 0 radical (unpaired) electrons. The average Bonchev–Trinajstić information content (AvgIpc) is 3.04. The second-order valence-electron chi connectivity index (χ2n) is 6.93. The van der Waals surface area contributed by atoms with E-state index in [9.17, 15) is 0 Å². The Morgan fingerprint density at radius 1 is 1.25 bits per heavy atom. The fraction of sp³-hybridized carbons (Fsp3) is 0.632. The number of likely N-dealkylation sites (tertiary alicyclic amines) is 1. The molecule has 2 aliphatic rings. The third-order valence-electron chi connectivity index (χ3n) is 5.53. The number of guanidine groups is 1. The molecule has 132 valence electrons. The van der Waals surface area contributed by atoms with Crippen molar-refractivity contribution < 1.29 is 9.47 Å². The number of hydrogen-bond acceptors (Lipinski definition) is 3. The molecule has 24 heavy (non-hydrogen) atoms. The Morgan fingerprint density at radius 2 is 2.08 bits per heavy atom. The molecule has 1 saturated heterocycles. The van der Waals surface area contributed by atoms with Crippen LogP contribution in [0.25, 0.3) is 0 Å². The molecule has 1 saturated carbocycles. The van der Waals surface area contributed by atoms with Gasteiger partial charge < -0.3 is 19.7 Å². The lowest BCUT2D eigenvalue weighted by molar-refractivity contribution is 0.151. The molecule has 1 aliphatic heterocycles. The highest BCUT2D eigenvalue weighted by Gasteiger charge is 2.43. The first kappa shape index (κ1) is 16.9. The van der Waals surface area contributed by atoms with E-state index in [1.807, 2.05) is 25.2 Å². The first-order valence-corrected chi connectivity index (χ1v) is 8.86. The quantitative estimate of drug-likeness (QED) is 0.666. The summed E-state index contributed by atoms with van der Waals surface area (Å²) in [6.45, 7) is 3.12. The minimum atomic E-state index is 0.591. The molecule has 2 fully saturated rings. The van der Waals surface area contributed by atoms with Gasteiger partial charge in [0.1, 0.15) is 11.5 Å². The van der Waals surface area contributed by atoms with Crippen molar-refractivity contribution in [2.24, 2.45) is 10.4 Å². The molecule has 0 atom stereocenters. The van der Waals surface area contributed by atoms with Crippen LogP contribution in [0.3, 0.4) is 0 Å². The lowest BCUT2D eigenvalue weighted by atomic mass is 9.68. The van der Waals surface area contributed by atoms with Gasteiger partial charge in [-0.05, 0) is 54.9 Å². The lowest BCUT2D eigenvalue weighted by Crippen LogP contribution is -2.43. The normalized spacial score (nSPS) is 19.3. The number of hydrogen-bond donors (Lipinski definition) is 1. The molecule has 1 N–H and O–H groups in total. The van der Waals surface area contributed by atoms with Crippen molar-refractivity contribution in [3.8, 4) is 11.5 Å². The van der Waals surface area contributed by atoms with Crippen molar-refractivity contribution in [3.05, 3.63) is 23.8 Å². The molecule has 1 spiro atoms. The summed E-state index contributed by atoms with van der Waals surface area (Å²) in [4.78, 5) is 6.90. The largest absolute Gasteiger partial charge is 0.497 e. The van der Waals surface area contributed by atoms with Gasteiger partial charge >= 0.3 is 0 Å². The third kappa shape index (κ3) is 3.45. The molecule has 1 aliphatic carbocycles. The maximum absolute atomic E-state index is 5.45. The molecule has 1 heterocycles. The van der Waals surface area contributed by atoms with Crippen LogP contribution < -0.4 is 14.8 Å². The van der Waals surface area contributed by atoms with Crippen LogP contribution in [0.5, 0.6) is 11.5 Å². The minimum absolute atomic E-state index is 0.591. The maximum atomic E-state index is 5.45. The second kappa shape index (κ2) is 7.32. The third-order valence-corrected chi connectivity index (χ3v) is 5.53. The zero-order valence-electron chi connectivity index (χ0n) is 15.1. The van der Waals surface area contributed by atoms with Gasteiger partial charge in [0.05, 0.1) is 14.2 Å². The highest BCUT2D eigenvalue weighted by atomic mass is 16.5. The Bertz CT molecular complexity index is 596. The topological polar surface area (TPSA) is 46.1 Å². The molecule has 0 unspecified atom stereocenters. The van der Waals surface area contributed by atoms with Crippen LogP contribution in [0, 0.1) is 5.41 Å². The summed E-state index contributed by atoms with van der Waals surface area (Å²) in [5.41, 5.74) is 1.74. The number of nitrogens with zero attached hydrogens (tertiary/aromatic N) is 2. The van der Waals surface area contributed by atoms with Crippen molar-refractivity contribution in [1.82, 2.24) is 10.2 Å². The van der Waals surface area contributed by atoms with Crippen LogP contribution in [0.2, 0.25) is 0 Å². The van der Waals surface area contributed by atoms with E-state index >= 15 is 0 Å². The maximum Gasteiger partial charge on any atom is 0.193 e. The number of benzene rings is 1. The van der Waals surface area contributed by atoms with E-state index in [-0.39, 0.29) is 0 Å². The van der Waals surface area contributed by atoms with E-state index in [2.05, 4.69) is 15.2 Å². The predicted octanol–water partition coefficient (Wildman–Crippen LogP) is 2.70. The monoisotopic (exact) mass is 331 g/mol. The van der Waals surface area contributed by atoms with Crippen molar-refractivity contribution >= 4 is 5.96 Å². The number of methoxy groups -OCH3 is 2. The van der Waals surface area contributed by atoms with Gasteiger partial charge in [-0.25, -0.2) is 0 Å². The van der Waals surface area contributed by atoms with Crippen LogP contribution >= 0.6 is 0 Å². The Balaban J connectivity index is 1.55. The highest BCUT2D eigenvalue weighted by molar-refractivity contribution is 5.80. The zero-order chi connectivity index (χ0) is 17.0. The average molecular weight is 331 g/mol. The number of ether oxygens (including phenoxy) is 2. The van der Waals surface area contributed by atoms with Gasteiger partial charge in [-0.3, -0.25) is 4.99 Å². The van der Waals surface area contributed by atoms with E-state index in [1.165, 1.54) is 25.7 Å². The van der Waals surface area contributed by atoms with E-state index in [4.69, 9.17) is 9.47 Å². The predicted molar refractivity (Wildman–Crippen MR) is 97.1 cm³/mol. The molecule has 0 aromatic heterocycles. The summed E-state index contributed by atoms with van der Waals surface area (Å²) in [6.07, 6.45) is 6.37. The van der Waals surface area contributed by atoms with Crippen LogP contribution in [0.4, 0.5) is 0 Å². The summed E-state index contributed by atoms with van der Waals surface area (Å²) in [7, 11) is 5.27. The number of aliphatic imine (C=N–C) groups is 1. The van der Waals surface area contributed by atoms with Gasteiger partial charge in [0, 0.05) is 26.7 Å². The molecule has 1 aromatic carbocycles. The molecule has 0 bridgehead atoms. The molecular formula is C19H29N3O2. The molecule has 0 amide bonds. The summed E-state index contributed by atoms with van der Waals surface area (Å²) >= 11 is 0. The second-order valence-corrected chi connectivity index (χ2v) is 6.93. The Kier molecular flexibility index (Phi) is 5.17. The van der Waals surface area contributed by atoms with Gasteiger partial charge in [-0.15, -0.1) is 0 Å². The van der Waals surface area contributed by atoms with Gasteiger partial charge in [-0.1, -0.05) is 6.42 Å². The Labute approximate surface area is 145 Å². The fourth-order valence-electron chi connectivity index (χ4n) is 3.92. The molecular weight excluding hydrogens is 302 g/mol. The SMILES string of the molecule is CN=C(NCCc1cc(OC)ccc1OC)N1CCC2(CCC2)C1. The van der Waals surface area contributed by atoms with E-state index in [1.54, 1.807) is 14.2 Å². The first-order valence-electron chi connectivity index (χ1n) is 8.86. The summed E-state index contributed by atoms with van der Waals surface area (Å²) < 4.78 is 10.8. The zero-order valence-corrected chi connectivity index (χ0v) is 15.1. The van der Waals surface area contributed by atoms with Gasteiger partial charge in [-0.2, -0.15) is 0 Å². The minimum Gasteiger partial charge on any atom is -0.497 e. The smallest absolute Gasteiger partial charge is 0.193 e. The molecule has 3 rings (SSSR count). The van der Waals surface area contributed by atoms with Crippen LogP contribution in [0.1, 0.15) is 31.2 Å². The van der Waals surface area contributed by atoms with E-state index in [0.717, 1.165) is 49.1 Å². The molecule has 5 heteroatoms. The lowest BCUT2D eigenvalue weighted by Gasteiger charge is -2.38. The summed E-state index contributed by atoms with van der Waals surface area (Å²) in [5, 5.41) is 3.51. The fourth-order valence-corrected chi connectivity index (χ4v) is 3.92. The van der Waals surface area contributed by atoms with Gasteiger partial charge in [0.15, 0.2) is 5.96 Å². The number of rotatable bonds is 5. The summed E-state index contributed by atoms with van der Waals surface area (Å²) in [6, 6.07) is 5.93. The standard InChI is InChI=1S/C19H29N3O2/c1-20-18(22-12-10-19(14-22)8-4-9-19)21-11-7-15-13-16(23-2)5-6-17(15)24-3/h5-6,13H,4,7-12,14H2,1-3H3,(H,20,21). The van der Waals surface area contributed by atoms with Gasteiger partial charge in [0.25, 0.3) is 0 Å². The number of nitrogens with one attached hydrogen (secondary N) is 1. The van der Waals surface area contributed by atoms with Gasteiger partial charge in [0.2, 0.25) is 0 Å². The molecule has 1 aromatic rings. The van der Waals surface area contributed by atoms with Crippen LogP contribution in [-0.2, 0) is 6.42 Å². The molecule has 5 nitrogen and oxygen atoms in total. The van der Waals surface area contributed by atoms with Crippen LogP contribution in [-0.4, -0.2) is 51.8 Å². The van der Waals surface area contributed by atoms with Crippen molar-refractivity contribution in [2.45, 2.75) is 32.1 Å². The van der Waals surface area contributed by atoms with E-state index < -0.39 is 0 Å². The summed E-state index contributed by atoms with van der Waals surface area (Å²) in [5.74, 6) is 2.80.